The first kappa shape index (κ1) is 16.8. The maximum Gasteiger partial charge on any atom is 0.344 e. The van der Waals surface area contributed by atoms with E-state index in [2.05, 4.69) is 5.16 Å². The Balaban J connectivity index is 1.26. The number of piperidine rings is 1. The first-order chi connectivity index (χ1) is 13.2. The number of aromatic nitrogens is 1. The van der Waals surface area contributed by atoms with Crippen molar-refractivity contribution in [3.8, 4) is 0 Å². The maximum absolute atomic E-state index is 12.9. The van der Waals surface area contributed by atoms with E-state index in [0.29, 0.717) is 19.1 Å². The van der Waals surface area contributed by atoms with Crippen molar-refractivity contribution in [1.29, 1.82) is 0 Å². The Morgan fingerprint density at radius 2 is 2.04 bits per heavy atom. The lowest BCUT2D eigenvalue weighted by atomic mass is 9.79. The van der Waals surface area contributed by atoms with Crippen molar-refractivity contribution >= 4 is 6.03 Å². The Morgan fingerprint density at radius 1 is 1.22 bits per heavy atom. The molecular formula is C20H24N4O3. The Morgan fingerprint density at radius 3 is 2.81 bits per heavy atom. The lowest BCUT2D eigenvalue weighted by molar-refractivity contribution is -0.140. The molecule has 2 aliphatic heterocycles. The number of rotatable bonds is 5. The van der Waals surface area contributed by atoms with Gasteiger partial charge in [-0.15, -0.1) is 0 Å². The molecule has 5 rings (SSSR count). The monoisotopic (exact) mass is 368 g/mol. The maximum atomic E-state index is 12.9. The number of nitrogens with zero attached hydrogens (tertiary/aromatic N) is 3. The Hall–Kier alpha value is -2.38. The molecule has 1 aliphatic carbocycles. The molecule has 3 heterocycles. The lowest BCUT2D eigenvalue weighted by Crippen LogP contribution is -2.35. The van der Waals surface area contributed by atoms with Crippen molar-refractivity contribution in [2.75, 3.05) is 6.54 Å². The van der Waals surface area contributed by atoms with Crippen LogP contribution in [0.3, 0.4) is 0 Å². The number of urea groups is 1. The summed E-state index contributed by atoms with van der Waals surface area (Å²) >= 11 is 0. The Labute approximate surface area is 158 Å². The van der Waals surface area contributed by atoms with Crippen LogP contribution in [0.4, 0.5) is 4.79 Å². The van der Waals surface area contributed by atoms with Crippen LogP contribution in [0.25, 0.3) is 0 Å². The lowest BCUT2D eigenvalue weighted by Gasteiger charge is -2.30. The second-order valence-corrected chi connectivity index (χ2v) is 7.85. The highest BCUT2D eigenvalue weighted by Gasteiger charge is 2.47. The standard InChI is InChI=1S/C20H24N4O3/c21-15-8-14(9-15)19-10-17(22-27-19)18-7-6-16-11-23(18)20(25)24(16)26-12-13-4-2-1-3-5-13/h1-5,10,14-16,18H,6-9,11-12,21H2/t14?,15?,16-,18+/m1/s1. The summed E-state index contributed by atoms with van der Waals surface area (Å²) in [5, 5.41) is 5.82. The fourth-order valence-corrected chi connectivity index (χ4v) is 4.37. The highest BCUT2D eigenvalue weighted by molar-refractivity contribution is 5.77. The van der Waals surface area contributed by atoms with E-state index in [1.807, 2.05) is 41.3 Å². The van der Waals surface area contributed by atoms with Crippen molar-refractivity contribution in [1.82, 2.24) is 15.1 Å². The molecule has 2 aromatic rings. The van der Waals surface area contributed by atoms with Crippen LogP contribution >= 0.6 is 0 Å². The summed E-state index contributed by atoms with van der Waals surface area (Å²) in [5.74, 6) is 1.27. The van der Waals surface area contributed by atoms with Gasteiger partial charge in [0.25, 0.3) is 0 Å². The van der Waals surface area contributed by atoms with Crippen LogP contribution in [0, 0.1) is 0 Å². The van der Waals surface area contributed by atoms with Crippen LogP contribution in [-0.4, -0.2) is 39.8 Å². The number of benzene rings is 1. The molecule has 7 nitrogen and oxygen atoms in total. The molecule has 2 amide bonds. The van der Waals surface area contributed by atoms with Gasteiger partial charge in [-0.2, -0.15) is 5.06 Å². The number of carbonyl (C=O) groups excluding carboxylic acids is 1. The van der Waals surface area contributed by atoms with E-state index in [-0.39, 0.29) is 24.2 Å². The predicted molar refractivity (Wildman–Crippen MR) is 97.4 cm³/mol. The molecule has 2 bridgehead atoms. The van der Waals surface area contributed by atoms with E-state index in [9.17, 15) is 4.79 Å². The molecular weight excluding hydrogens is 344 g/mol. The van der Waals surface area contributed by atoms with E-state index in [1.54, 1.807) is 5.06 Å². The van der Waals surface area contributed by atoms with Gasteiger partial charge in [0.1, 0.15) is 18.1 Å². The van der Waals surface area contributed by atoms with E-state index < -0.39 is 0 Å². The highest BCUT2D eigenvalue weighted by atomic mass is 16.7. The van der Waals surface area contributed by atoms with Crippen LogP contribution in [0.1, 0.15) is 54.7 Å². The van der Waals surface area contributed by atoms with Crippen molar-refractivity contribution < 1.29 is 14.2 Å². The number of carbonyl (C=O) groups is 1. The van der Waals surface area contributed by atoms with Gasteiger partial charge in [-0.1, -0.05) is 35.5 Å². The molecule has 2 N–H and O–H groups in total. The minimum absolute atomic E-state index is 0.0367. The third kappa shape index (κ3) is 3.00. The van der Waals surface area contributed by atoms with Gasteiger partial charge in [0.15, 0.2) is 0 Å². The van der Waals surface area contributed by atoms with Crippen LogP contribution in [0.2, 0.25) is 0 Å². The molecule has 1 saturated carbocycles. The van der Waals surface area contributed by atoms with Crippen molar-refractivity contribution in [2.45, 2.75) is 56.3 Å². The van der Waals surface area contributed by atoms with E-state index in [1.165, 1.54) is 0 Å². The third-order valence-electron chi connectivity index (χ3n) is 6.00. The van der Waals surface area contributed by atoms with Crippen LogP contribution < -0.4 is 5.73 Å². The minimum Gasteiger partial charge on any atom is -0.361 e. The average Bonchev–Trinajstić information content (AvgIpc) is 3.23. The number of hydrogen-bond donors (Lipinski definition) is 1. The number of hydrogen-bond acceptors (Lipinski definition) is 5. The summed E-state index contributed by atoms with van der Waals surface area (Å²) in [4.78, 5) is 20.6. The van der Waals surface area contributed by atoms with Gasteiger partial charge in [-0.25, -0.2) is 4.79 Å². The van der Waals surface area contributed by atoms with E-state index in [0.717, 1.165) is 42.7 Å². The van der Waals surface area contributed by atoms with Crippen LogP contribution in [-0.2, 0) is 11.4 Å². The first-order valence-electron chi connectivity index (χ1n) is 9.68. The highest BCUT2D eigenvalue weighted by Crippen LogP contribution is 2.41. The molecule has 2 saturated heterocycles. The van der Waals surface area contributed by atoms with Crippen molar-refractivity contribution in [3.63, 3.8) is 0 Å². The molecule has 142 valence electrons. The molecule has 1 aromatic heterocycles. The topological polar surface area (TPSA) is 84.8 Å². The minimum atomic E-state index is -0.0753. The summed E-state index contributed by atoms with van der Waals surface area (Å²) < 4.78 is 5.56. The molecule has 2 atom stereocenters. The van der Waals surface area contributed by atoms with Gasteiger partial charge in [0.2, 0.25) is 0 Å². The quantitative estimate of drug-likeness (QED) is 0.877. The Bertz CT molecular complexity index is 818. The van der Waals surface area contributed by atoms with Crippen LogP contribution in [0.5, 0.6) is 0 Å². The van der Waals surface area contributed by atoms with Gasteiger partial charge < -0.3 is 15.2 Å². The number of fused-ring (bicyclic) bond motifs is 2. The smallest absolute Gasteiger partial charge is 0.344 e. The van der Waals surface area contributed by atoms with Crippen LogP contribution in [0.15, 0.2) is 40.9 Å². The number of nitrogens with two attached hydrogens (primary N) is 1. The molecule has 0 spiro atoms. The zero-order valence-electron chi connectivity index (χ0n) is 15.2. The second-order valence-electron chi connectivity index (χ2n) is 7.85. The molecule has 0 unspecified atom stereocenters. The normalized spacial score (nSPS) is 29.9. The summed E-state index contributed by atoms with van der Waals surface area (Å²) in [6.45, 7) is 1.08. The third-order valence-corrected chi connectivity index (χ3v) is 6.00. The van der Waals surface area contributed by atoms with E-state index in [4.69, 9.17) is 15.1 Å². The fraction of sp³-hybridized carbons (Fsp3) is 0.500. The summed E-state index contributed by atoms with van der Waals surface area (Å²) in [5.41, 5.74) is 7.78. The summed E-state index contributed by atoms with van der Waals surface area (Å²) in [6.07, 6.45) is 3.67. The van der Waals surface area contributed by atoms with Gasteiger partial charge >= 0.3 is 6.03 Å². The zero-order chi connectivity index (χ0) is 18.4. The van der Waals surface area contributed by atoms with Gasteiger partial charge in [0, 0.05) is 24.6 Å². The summed E-state index contributed by atoms with van der Waals surface area (Å²) in [6, 6.07) is 12.2. The van der Waals surface area contributed by atoms with Gasteiger partial charge in [-0.3, -0.25) is 4.84 Å². The summed E-state index contributed by atoms with van der Waals surface area (Å²) in [7, 11) is 0. The first-order valence-corrected chi connectivity index (χ1v) is 9.68. The molecule has 27 heavy (non-hydrogen) atoms. The fourth-order valence-electron chi connectivity index (χ4n) is 4.37. The second kappa shape index (κ2) is 6.65. The largest absolute Gasteiger partial charge is 0.361 e. The van der Waals surface area contributed by atoms with Gasteiger partial charge in [-0.05, 0) is 31.2 Å². The number of amides is 2. The Kier molecular flexibility index (Phi) is 4.13. The molecule has 3 fully saturated rings. The van der Waals surface area contributed by atoms with Crippen molar-refractivity contribution in [3.05, 3.63) is 53.4 Å². The molecule has 7 heteroatoms. The van der Waals surface area contributed by atoms with E-state index >= 15 is 0 Å². The van der Waals surface area contributed by atoms with Crippen molar-refractivity contribution in [2.24, 2.45) is 5.73 Å². The molecule has 0 radical (unpaired) electrons. The molecule has 3 aliphatic rings. The number of hydroxylamine groups is 2. The average molecular weight is 368 g/mol. The predicted octanol–water partition coefficient (Wildman–Crippen LogP) is 2.95. The molecule has 1 aromatic carbocycles. The van der Waals surface area contributed by atoms with Gasteiger partial charge in [0.05, 0.1) is 12.1 Å². The SMILES string of the molecule is NC1CC(c2cc([C@@H]3CC[C@@H]4CN3C(=O)N4OCc3ccccc3)no2)C1. The zero-order valence-corrected chi connectivity index (χ0v) is 15.2.